The van der Waals surface area contributed by atoms with Crippen molar-refractivity contribution in [3.63, 3.8) is 0 Å². The second-order valence-corrected chi connectivity index (χ2v) is 5.99. The number of aryl methyl sites for hydroxylation is 2. The molecule has 0 amide bonds. The van der Waals surface area contributed by atoms with Crippen molar-refractivity contribution in [2.45, 2.75) is 13.5 Å². The molecular weight excluding hydrogens is 350 g/mol. The van der Waals surface area contributed by atoms with E-state index < -0.39 is 12.5 Å². The minimum atomic E-state index is -0.571. The van der Waals surface area contributed by atoms with E-state index in [2.05, 4.69) is 20.2 Å². The lowest BCUT2D eigenvalue weighted by atomic mass is 10.1. The van der Waals surface area contributed by atoms with Gasteiger partial charge in [0.15, 0.2) is 11.6 Å². The lowest BCUT2D eigenvalue weighted by molar-refractivity contribution is 0.429. The van der Waals surface area contributed by atoms with Crippen LogP contribution in [-0.2, 0) is 6.54 Å². The van der Waals surface area contributed by atoms with E-state index in [9.17, 15) is 8.78 Å². The van der Waals surface area contributed by atoms with Gasteiger partial charge < -0.3 is 0 Å². The molecule has 0 saturated heterocycles. The summed E-state index contributed by atoms with van der Waals surface area (Å²) in [5.74, 6) is 0.513. The highest BCUT2D eigenvalue weighted by Gasteiger charge is 2.17. The minimum Gasteiger partial charge on any atom is -0.259 e. The van der Waals surface area contributed by atoms with Crippen molar-refractivity contribution in [1.82, 2.24) is 29.5 Å². The molecule has 0 aliphatic rings. The van der Waals surface area contributed by atoms with Gasteiger partial charge in [0.1, 0.15) is 18.2 Å². The Bertz CT molecular complexity index is 1090. The average molecular weight is 366 g/mol. The number of hydrogen-bond acceptors (Lipinski definition) is 4. The molecule has 136 valence electrons. The van der Waals surface area contributed by atoms with Crippen LogP contribution in [-0.4, -0.2) is 36.2 Å². The molecule has 0 spiro atoms. The van der Waals surface area contributed by atoms with Crippen LogP contribution in [0.1, 0.15) is 5.56 Å². The fourth-order valence-corrected chi connectivity index (χ4v) is 2.82. The highest BCUT2D eigenvalue weighted by molar-refractivity contribution is 5.62. The summed E-state index contributed by atoms with van der Waals surface area (Å²) in [6.45, 7) is 1.47. The molecule has 0 saturated carbocycles. The van der Waals surface area contributed by atoms with Crippen LogP contribution in [0.3, 0.4) is 0 Å². The molecular formula is C19H16F2N6. The molecule has 0 radical (unpaired) electrons. The van der Waals surface area contributed by atoms with Crippen LogP contribution in [0.15, 0.2) is 55.0 Å². The number of aromatic nitrogens is 6. The summed E-state index contributed by atoms with van der Waals surface area (Å²) in [5.41, 5.74) is 2.90. The van der Waals surface area contributed by atoms with E-state index in [-0.39, 0.29) is 6.54 Å². The molecule has 4 aromatic rings. The zero-order valence-electron chi connectivity index (χ0n) is 14.5. The molecule has 0 atom stereocenters. The second kappa shape index (κ2) is 7.06. The lowest BCUT2D eigenvalue weighted by Crippen LogP contribution is -2.05. The zero-order valence-corrected chi connectivity index (χ0v) is 14.5. The molecule has 3 aromatic heterocycles. The number of alkyl halides is 1. The topological polar surface area (TPSA) is 61.4 Å². The first kappa shape index (κ1) is 17.0. The van der Waals surface area contributed by atoms with Crippen molar-refractivity contribution in [2.75, 3.05) is 6.67 Å². The summed E-state index contributed by atoms with van der Waals surface area (Å²) in [7, 11) is 0. The summed E-state index contributed by atoms with van der Waals surface area (Å²) in [6, 6.07) is 10.8. The maximum absolute atomic E-state index is 13.4. The Labute approximate surface area is 154 Å². The monoisotopic (exact) mass is 366 g/mol. The van der Waals surface area contributed by atoms with Crippen LogP contribution < -0.4 is 0 Å². The van der Waals surface area contributed by atoms with Crippen LogP contribution in [0.5, 0.6) is 0 Å². The molecule has 6 nitrogen and oxygen atoms in total. The van der Waals surface area contributed by atoms with Gasteiger partial charge in [0.05, 0.1) is 24.6 Å². The Hall–Kier alpha value is -3.42. The van der Waals surface area contributed by atoms with Gasteiger partial charge in [-0.3, -0.25) is 4.98 Å². The Morgan fingerprint density at radius 2 is 1.93 bits per heavy atom. The van der Waals surface area contributed by atoms with E-state index in [0.29, 0.717) is 23.0 Å². The van der Waals surface area contributed by atoms with Gasteiger partial charge in [0.25, 0.3) is 0 Å². The van der Waals surface area contributed by atoms with Crippen LogP contribution in [0.25, 0.3) is 28.6 Å². The normalized spacial score (nSPS) is 11.1. The molecule has 3 heterocycles. The Morgan fingerprint density at radius 3 is 2.70 bits per heavy atom. The number of benzene rings is 1. The quantitative estimate of drug-likeness (QED) is 0.541. The van der Waals surface area contributed by atoms with E-state index in [0.717, 1.165) is 17.3 Å². The van der Waals surface area contributed by atoms with Gasteiger partial charge in [0.2, 0.25) is 0 Å². The highest BCUT2D eigenvalue weighted by atomic mass is 19.1. The summed E-state index contributed by atoms with van der Waals surface area (Å²) < 4.78 is 29.4. The molecule has 0 aliphatic carbocycles. The predicted octanol–water partition coefficient (Wildman–Crippen LogP) is 3.61. The van der Waals surface area contributed by atoms with Crippen molar-refractivity contribution in [3.05, 3.63) is 66.4 Å². The zero-order chi connectivity index (χ0) is 18.8. The van der Waals surface area contributed by atoms with Crippen molar-refractivity contribution >= 4 is 0 Å². The van der Waals surface area contributed by atoms with E-state index in [1.165, 1.54) is 21.6 Å². The first-order valence-electron chi connectivity index (χ1n) is 8.39. The van der Waals surface area contributed by atoms with Crippen molar-refractivity contribution in [2.24, 2.45) is 0 Å². The van der Waals surface area contributed by atoms with E-state index in [4.69, 9.17) is 0 Å². The Balaban J connectivity index is 1.76. The van der Waals surface area contributed by atoms with Gasteiger partial charge in [0, 0.05) is 17.8 Å². The average Bonchev–Trinajstić information content (AvgIpc) is 3.30. The molecule has 1 aromatic carbocycles. The fraction of sp³-hybridized carbons (Fsp3) is 0.158. The number of rotatable bonds is 5. The number of pyridine rings is 1. The van der Waals surface area contributed by atoms with Gasteiger partial charge in [-0.25, -0.2) is 23.1 Å². The number of hydrogen-bond donors (Lipinski definition) is 0. The summed E-state index contributed by atoms with van der Waals surface area (Å²) in [4.78, 5) is 8.40. The molecule has 4 rings (SSSR count). The Kier molecular flexibility index (Phi) is 4.45. The van der Waals surface area contributed by atoms with Crippen LogP contribution >= 0.6 is 0 Å². The lowest BCUT2D eigenvalue weighted by Gasteiger charge is -2.01. The van der Waals surface area contributed by atoms with Crippen LogP contribution in [0, 0.1) is 12.7 Å². The highest BCUT2D eigenvalue weighted by Crippen LogP contribution is 2.24. The van der Waals surface area contributed by atoms with E-state index >= 15 is 0 Å². The molecule has 0 bridgehead atoms. The number of nitrogens with zero attached hydrogens (tertiary/aromatic N) is 6. The van der Waals surface area contributed by atoms with E-state index in [1.807, 2.05) is 31.2 Å². The maximum Gasteiger partial charge on any atom is 0.182 e. The maximum atomic E-state index is 13.4. The molecule has 27 heavy (non-hydrogen) atoms. The van der Waals surface area contributed by atoms with Gasteiger partial charge in [-0.05, 0) is 18.6 Å². The molecule has 0 unspecified atom stereocenters. The summed E-state index contributed by atoms with van der Waals surface area (Å²) in [5, 5.41) is 8.88. The molecule has 8 heteroatoms. The van der Waals surface area contributed by atoms with Gasteiger partial charge in [-0.2, -0.15) is 10.2 Å². The first-order valence-corrected chi connectivity index (χ1v) is 8.39. The second-order valence-electron chi connectivity index (χ2n) is 5.99. The van der Waals surface area contributed by atoms with E-state index in [1.54, 1.807) is 12.3 Å². The van der Waals surface area contributed by atoms with Crippen molar-refractivity contribution in [3.8, 4) is 28.6 Å². The molecule has 0 N–H and O–H groups in total. The third-order valence-corrected chi connectivity index (χ3v) is 4.13. The van der Waals surface area contributed by atoms with Gasteiger partial charge in [-0.1, -0.05) is 24.3 Å². The predicted molar refractivity (Wildman–Crippen MR) is 96.5 cm³/mol. The smallest absolute Gasteiger partial charge is 0.182 e. The standard InChI is InChI=1S/C19H16F2N6/c1-13-4-2-3-5-16(13)18-23-19(27(25-18)9-7-20)17-6-8-26(24-17)15-10-14(21)11-22-12-15/h2-6,8,10-12H,7,9H2,1H3. The van der Waals surface area contributed by atoms with Crippen LogP contribution in [0.2, 0.25) is 0 Å². The SMILES string of the molecule is Cc1ccccc1-c1nc(-c2ccn(-c3cncc(F)c3)n2)n(CCF)n1. The largest absolute Gasteiger partial charge is 0.259 e. The fourth-order valence-electron chi connectivity index (χ4n) is 2.82. The van der Waals surface area contributed by atoms with Gasteiger partial charge >= 0.3 is 0 Å². The third-order valence-electron chi connectivity index (χ3n) is 4.13. The van der Waals surface area contributed by atoms with Gasteiger partial charge in [-0.15, -0.1) is 0 Å². The minimum absolute atomic E-state index is 0.0720. The van der Waals surface area contributed by atoms with Crippen LogP contribution in [0.4, 0.5) is 8.78 Å². The first-order chi connectivity index (χ1) is 13.2. The molecule has 0 aliphatic heterocycles. The molecule has 0 fully saturated rings. The summed E-state index contributed by atoms with van der Waals surface area (Å²) >= 11 is 0. The third kappa shape index (κ3) is 3.33. The summed E-state index contributed by atoms with van der Waals surface area (Å²) in [6.07, 6.45) is 4.30. The number of halogens is 2. The Morgan fingerprint density at radius 1 is 1.07 bits per heavy atom. The van der Waals surface area contributed by atoms with Crippen molar-refractivity contribution in [1.29, 1.82) is 0 Å². The van der Waals surface area contributed by atoms with Crippen molar-refractivity contribution < 1.29 is 8.78 Å².